The van der Waals surface area contributed by atoms with Gasteiger partial charge in [-0.1, -0.05) is 11.6 Å². The van der Waals surface area contributed by atoms with Crippen molar-refractivity contribution in [1.29, 1.82) is 0 Å². The van der Waals surface area contributed by atoms with E-state index in [4.69, 9.17) is 22.1 Å². The van der Waals surface area contributed by atoms with Crippen LogP contribution < -0.4 is 15.8 Å². The zero-order chi connectivity index (χ0) is 14.7. The summed E-state index contributed by atoms with van der Waals surface area (Å²) in [6.45, 7) is 0. The monoisotopic (exact) mass is 402 g/mol. The summed E-state index contributed by atoms with van der Waals surface area (Å²) in [4.78, 5) is 12.3. The predicted molar refractivity (Wildman–Crippen MR) is 89.5 cm³/mol. The summed E-state index contributed by atoms with van der Waals surface area (Å²) in [7, 11) is 1.52. The minimum Gasteiger partial charge on any atom is -0.494 e. The van der Waals surface area contributed by atoms with Crippen LogP contribution in [-0.4, -0.2) is 13.0 Å². The molecular weight excluding hydrogens is 391 g/mol. The first-order valence-electron chi connectivity index (χ1n) is 5.71. The normalized spacial score (nSPS) is 10.2. The highest BCUT2D eigenvalue weighted by Crippen LogP contribution is 2.28. The number of carbonyl (C=O) groups is 1. The van der Waals surface area contributed by atoms with Crippen molar-refractivity contribution in [2.75, 3.05) is 18.2 Å². The first-order chi connectivity index (χ1) is 9.51. The largest absolute Gasteiger partial charge is 0.494 e. The van der Waals surface area contributed by atoms with E-state index in [2.05, 4.69) is 27.9 Å². The zero-order valence-electron chi connectivity index (χ0n) is 10.6. The molecule has 2 rings (SSSR count). The van der Waals surface area contributed by atoms with Crippen LogP contribution in [0.4, 0.5) is 11.4 Å². The molecule has 0 radical (unpaired) electrons. The number of rotatable bonds is 3. The maximum Gasteiger partial charge on any atom is 0.257 e. The van der Waals surface area contributed by atoms with Crippen LogP contribution in [0.1, 0.15) is 10.4 Å². The molecule has 0 fully saturated rings. The number of anilines is 2. The number of nitrogen functional groups attached to an aromatic ring is 1. The maximum atomic E-state index is 12.3. The Morgan fingerprint density at radius 1 is 1.30 bits per heavy atom. The molecule has 0 saturated heterocycles. The predicted octanol–water partition coefficient (Wildman–Crippen LogP) is 3.79. The Balaban J connectivity index is 2.30. The van der Waals surface area contributed by atoms with Gasteiger partial charge < -0.3 is 15.8 Å². The number of halogens is 2. The van der Waals surface area contributed by atoms with Crippen molar-refractivity contribution in [3.8, 4) is 5.75 Å². The van der Waals surface area contributed by atoms with Crippen LogP contribution in [0.3, 0.4) is 0 Å². The Kier molecular flexibility index (Phi) is 4.72. The molecule has 2 aromatic carbocycles. The summed E-state index contributed by atoms with van der Waals surface area (Å²) in [6, 6.07) is 10.3. The number of carbonyl (C=O) groups excluding carboxylic acids is 1. The fourth-order valence-electron chi connectivity index (χ4n) is 1.67. The van der Waals surface area contributed by atoms with Crippen LogP contribution in [0.25, 0.3) is 0 Å². The second-order valence-electron chi connectivity index (χ2n) is 4.04. The molecular formula is C14H12ClIN2O2. The minimum absolute atomic E-state index is 0.295. The fraction of sp³-hybridized carbons (Fsp3) is 0.0714. The standard InChI is InChI=1S/C14H12ClIN2O2/c1-20-13-7-9(17)3-5-12(13)18-14(19)10-6-8(16)2-4-11(10)15/h2-7H,17H2,1H3,(H,18,19). The number of hydrogen-bond donors (Lipinski definition) is 2. The third kappa shape index (κ3) is 3.34. The highest BCUT2D eigenvalue weighted by atomic mass is 127. The number of methoxy groups -OCH3 is 1. The molecule has 2 aromatic rings. The highest BCUT2D eigenvalue weighted by Gasteiger charge is 2.13. The van der Waals surface area contributed by atoms with Crippen LogP contribution >= 0.6 is 34.2 Å². The lowest BCUT2D eigenvalue weighted by Crippen LogP contribution is -2.13. The van der Waals surface area contributed by atoms with Crippen molar-refractivity contribution in [3.63, 3.8) is 0 Å². The van der Waals surface area contributed by atoms with E-state index in [0.717, 1.165) is 3.57 Å². The minimum atomic E-state index is -0.295. The Hall–Kier alpha value is -1.47. The van der Waals surface area contributed by atoms with Gasteiger partial charge in [-0.3, -0.25) is 4.79 Å². The number of hydrogen-bond acceptors (Lipinski definition) is 3. The fourth-order valence-corrected chi connectivity index (χ4v) is 2.37. The first-order valence-corrected chi connectivity index (χ1v) is 7.17. The van der Waals surface area contributed by atoms with Gasteiger partial charge in [0.15, 0.2) is 0 Å². The average molecular weight is 403 g/mol. The van der Waals surface area contributed by atoms with E-state index in [1.807, 2.05) is 6.07 Å². The smallest absolute Gasteiger partial charge is 0.257 e. The summed E-state index contributed by atoms with van der Waals surface area (Å²) in [6.07, 6.45) is 0. The molecule has 0 aliphatic heterocycles. The summed E-state index contributed by atoms with van der Waals surface area (Å²) in [5, 5.41) is 3.17. The van der Waals surface area contributed by atoms with Crippen molar-refractivity contribution in [1.82, 2.24) is 0 Å². The quantitative estimate of drug-likeness (QED) is 0.606. The van der Waals surface area contributed by atoms with Gasteiger partial charge in [0, 0.05) is 15.3 Å². The molecule has 0 aliphatic carbocycles. The SMILES string of the molecule is COc1cc(N)ccc1NC(=O)c1cc(I)ccc1Cl. The van der Waals surface area contributed by atoms with Gasteiger partial charge in [0.2, 0.25) is 0 Å². The molecule has 0 aliphatic rings. The average Bonchev–Trinajstić information content (AvgIpc) is 2.43. The van der Waals surface area contributed by atoms with E-state index in [9.17, 15) is 4.79 Å². The highest BCUT2D eigenvalue weighted by molar-refractivity contribution is 14.1. The van der Waals surface area contributed by atoms with E-state index in [-0.39, 0.29) is 5.91 Å². The molecule has 104 valence electrons. The van der Waals surface area contributed by atoms with E-state index in [0.29, 0.717) is 27.7 Å². The second kappa shape index (κ2) is 6.32. The Labute approximate surface area is 135 Å². The van der Waals surface area contributed by atoms with Crippen molar-refractivity contribution in [2.24, 2.45) is 0 Å². The van der Waals surface area contributed by atoms with Gasteiger partial charge in [-0.15, -0.1) is 0 Å². The zero-order valence-corrected chi connectivity index (χ0v) is 13.5. The number of benzene rings is 2. The van der Waals surface area contributed by atoms with Crippen molar-refractivity contribution >= 4 is 51.5 Å². The molecule has 0 saturated carbocycles. The molecule has 4 nitrogen and oxygen atoms in total. The topological polar surface area (TPSA) is 64.3 Å². The van der Waals surface area contributed by atoms with E-state index in [1.54, 1.807) is 30.3 Å². The van der Waals surface area contributed by atoms with Crippen molar-refractivity contribution in [2.45, 2.75) is 0 Å². The first kappa shape index (κ1) is 14.9. The summed E-state index contributed by atoms with van der Waals surface area (Å²) >= 11 is 8.17. The summed E-state index contributed by atoms with van der Waals surface area (Å²) in [5.41, 5.74) is 7.19. The van der Waals surface area contributed by atoms with E-state index in [1.165, 1.54) is 7.11 Å². The van der Waals surface area contributed by atoms with Gasteiger partial charge in [0.25, 0.3) is 5.91 Å². The molecule has 6 heteroatoms. The second-order valence-corrected chi connectivity index (χ2v) is 5.69. The van der Waals surface area contributed by atoms with Crippen LogP contribution in [0.2, 0.25) is 5.02 Å². The molecule has 0 unspecified atom stereocenters. The van der Waals surface area contributed by atoms with Gasteiger partial charge in [-0.25, -0.2) is 0 Å². The number of nitrogens with two attached hydrogens (primary N) is 1. The molecule has 1 amide bonds. The lowest BCUT2D eigenvalue weighted by molar-refractivity contribution is 0.102. The van der Waals surface area contributed by atoms with Gasteiger partial charge in [0.05, 0.1) is 23.4 Å². The molecule has 0 aromatic heterocycles. The number of ether oxygens (including phenoxy) is 1. The number of amides is 1. The Bertz CT molecular complexity index is 662. The molecule has 0 heterocycles. The van der Waals surface area contributed by atoms with Crippen LogP contribution in [0, 0.1) is 3.57 Å². The van der Waals surface area contributed by atoms with Crippen molar-refractivity contribution in [3.05, 3.63) is 50.6 Å². The van der Waals surface area contributed by atoms with Crippen molar-refractivity contribution < 1.29 is 9.53 Å². The summed E-state index contributed by atoms with van der Waals surface area (Å²) < 4.78 is 6.12. The molecule has 0 spiro atoms. The van der Waals surface area contributed by atoms with Gasteiger partial charge in [-0.05, 0) is 52.9 Å². The Morgan fingerprint density at radius 3 is 2.75 bits per heavy atom. The lowest BCUT2D eigenvalue weighted by atomic mass is 10.2. The summed E-state index contributed by atoms with van der Waals surface area (Å²) in [5.74, 6) is 0.205. The molecule has 3 N–H and O–H groups in total. The number of nitrogens with one attached hydrogen (secondary N) is 1. The van der Waals surface area contributed by atoms with Crippen LogP contribution in [0.15, 0.2) is 36.4 Å². The Morgan fingerprint density at radius 2 is 2.05 bits per heavy atom. The lowest BCUT2D eigenvalue weighted by Gasteiger charge is -2.11. The van der Waals surface area contributed by atoms with Crippen LogP contribution in [0.5, 0.6) is 5.75 Å². The molecule has 0 bridgehead atoms. The van der Waals surface area contributed by atoms with Crippen LogP contribution in [-0.2, 0) is 0 Å². The molecule has 20 heavy (non-hydrogen) atoms. The van der Waals surface area contributed by atoms with Gasteiger partial charge in [0.1, 0.15) is 5.75 Å². The third-order valence-corrected chi connectivity index (χ3v) is 3.65. The molecule has 0 atom stereocenters. The van der Waals surface area contributed by atoms with E-state index < -0.39 is 0 Å². The maximum absolute atomic E-state index is 12.3. The third-order valence-electron chi connectivity index (χ3n) is 2.65. The van der Waals surface area contributed by atoms with Gasteiger partial charge >= 0.3 is 0 Å². The van der Waals surface area contributed by atoms with E-state index >= 15 is 0 Å². The van der Waals surface area contributed by atoms with Gasteiger partial charge in [-0.2, -0.15) is 0 Å².